The van der Waals surface area contributed by atoms with Crippen LogP contribution < -0.4 is 5.43 Å². The Labute approximate surface area is 91.3 Å². The Hall–Kier alpha value is -1.32. The number of H-pyrrole nitrogens is 1. The summed E-state index contributed by atoms with van der Waals surface area (Å²) in [6.07, 6.45) is 0. The molecule has 0 radical (unpaired) electrons. The van der Waals surface area contributed by atoms with Gasteiger partial charge in [0.2, 0.25) is 0 Å². The minimum Gasteiger partial charge on any atom is -0.391 e. The first-order chi connectivity index (χ1) is 7.13. The van der Waals surface area contributed by atoms with E-state index >= 15 is 0 Å². The number of fused-ring (bicyclic) bond motifs is 1. The van der Waals surface area contributed by atoms with Gasteiger partial charge in [0.15, 0.2) is 5.43 Å². The van der Waals surface area contributed by atoms with E-state index < -0.39 is 0 Å². The summed E-state index contributed by atoms with van der Waals surface area (Å²) in [6, 6.07) is 5.08. The number of hydrogen-bond donors (Lipinski definition) is 2. The van der Waals surface area contributed by atoms with Gasteiger partial charge < -0.3 is 10.1 Å². The molecule has 0 saturated carbocycles. The predicted octanol–water partition coefficient (Wildman–Crippen LogP) is 1.98. The van der Waals surface area contributed by atoms with E-state index in [0.717, 1.165) is 5.52 Å². The minimum atomic E-state index is -0.260. The maximum Gasteiger partial charge on any atom is 0.195 e. The standard InChI is InChI=1S/C11H10ClNO2/c1-6-9(5-14)11(15)8-4-7(12)2-3-10(8)13-6/h2-4,14H,5H2,1H3,(H,13,15). The van der Waals surface area contributed by atoms with Crippen LogP contribution in [-0.4, -0.2) is 10.1 Å². The topological polar surface area (TPSA) is 53.1 Å². The number of nitrogens with one attached hydrogen (secondary N) is 1. The van der Waals surface area contributed by atoms with Crippen LogP contribution in [0.2, 0.25) is 5.02 Å². The number of pyridine rings is 1. The van der Waals surface area contributed by atoms with E-state index in [1.54, 1.807) is 25.1 Å². The van der Waals surface area contributed by atoms with Gasteiger partial charge in [0.25, 0.3) is 0 Å². The first-order valence-corrected chi connectivity index (χ1v) is 4.93. The van der Waals surface area contributed by atoms with Gasteiger partial charge in [-0.3, -0.25) is 4.79 Å². The molecule has 3 nitrogen and oxygen atoms in total. The highest BCUT2D eigenvalue weighted by atomic mass is 35.5. The van der Waals surface area contributed by atoms with E-state index in [0.29, 0.717) is 21.7 Å². The Bertz CT molecular complexity index is 575. The molecule has 0 saturated heterocycles. The van der Waals surface area contributed by atoms with Gasteiger partial charge >= 0.3 is 0 Å². The molecule has 0 amide bonds. The Kier molecular flexibility index (Phi) is 2.50. The molecule has 0 fully saturated rings. The molecule has 1 aromatic heterocycles. The predicted molar refractivity (Wildman–Crippen MR) is 60.2 cm³/mol. The van der Waals surface area contributed by atoms with E-state index in [9.17, 15) is 4.79 Å². The molecule has 0 aliphatic carbocycles. The van der Waals surface area contributed by atoms with E-state index in [1.165, 1.54) is 0 Å². The molecule has 78 valence electrons. The molecule has 1 heterocycles. The summed E-state index contributed by atoms with van der Waals surface area (Å²) in [7, 11) is 0. The summed E-state index contributed by atoms with van der Waals surface area (Å²) < 4.78 is 0. The lowest BCUT2D eigenvalue weighted by Crippen LogP contribution is -2.13. The summed E-state index contributed by atoms with van der Waals surface area (Å²) in [4.78, 5) is 15.0. The molecule has 1 aromatic carbocycles. The van der Waals surface area contributed by atoms with Crippen molar-refractivity contribution in [2.75, 3.05) is 0 Å². The van der Waals surface area contributed by atoms with Crippen LogP contribution in [0.25, 0.3) is 10.9 Å². The summed E-state index contributed by atoms with van der Waals surface area (Å²) in [5.41, 5.74) is 1.66. The third kappa shape index (κ3) is 1.64. The van der Waals surface area contributed by atoms with E-state index in [4.69, 9.17) is 16.7 Å². The second-order valence-corrected chi connectivity index (χ2v) is 3.84. The van der Waals surface area contributed by atoms with Gasteiger partial charge in [-0.2, -0.15) is 0 Å². The third-order valence-corrected chi connectivity index (χ3v) is 2.67. The van der Waals surface area contributed by atoms with Crippen molar-refractivity contribution in [3.63, 3.8) is 0 Å². The number of aliphatic hydroxyl groups is 1. The number of aromatic amines is 1. The van der Waals surface area contributed by atoms with Crippen molar-refractivity contribution < 1.29 is 5.11 Å². The lowest BCUT2D eigenvalue weighted by atomic mass is 10.1. The average Bonchev–Trinajstić information content (AvgIpc) is 2.20. The SMILES string of the molecule is Cc1[nH]c2ccc(Cl)cc2c(=O)c1CO. The number of halogens is 1. The highest BCUT2D eigenvalue weighted by Crippen LogP contribution is 2.16. The van der Waals surface area contributed by atoms with Crippen molar-refractivity contribution in [2.45, 2.75) is 13.5 Å². The Morgan fingerprint density at radius 1 is 1.47 bits per heavy atom. The minimum absolute atomic E-state index is 0.161. The highest BCUT2D eigenvalue weighted by molar-refractivity contribution is 6.31. The second-order valence-electron chi connectivity index (χ2n) is 3.41. The molecule has 2 aromatic rings. The molecule has 0 atom stereocenters. The molecule has 0 unspecified atom stereocenters. The molecule has 15 heavy (non-hydrogen) atoms. The fraction of sp³-hybridized carbons (Fsp3) is 0.182. The van der Waals surface area contributed by atoms with Crippen LogP contribution >= 0.6 is 11.6 Å². The largest absolute Gasteiger partial charge is 0.391 e. The van der Waals surface area contributed by atoms with Crippen LogP contribution in [-0.2, 0) is 6.61 Å². The first-order valence-electron chi connectivity index (χ1n) is 4.55. The lowest BCUT2D eigenvalue weighted by Gasteiger charge is -2.05. The highest BCUT2D eigenvalue weighted by Gasteiger charge is 2.08. The third-order valence-electron chi connectivity index (χ3n) is 2.43. The van der Waals surface area contributed by atoms with Crippen LogP contribution in [0, 0.1) is 6.92 Å². The molecular formula is C11H10ClNO2. The Morgan fingerprint density at radius 3 is 2.87 bits per heavy atom. The second kappa shape index (κ2) is 3.68. The van der Waals surface area contributed by atoms with Crippen LogP contribution in [0.3, 0.4) is 0 Å². The summed E-state index contributed by atoms with van der Waals surface area (Å²) >= 11 is 5.81. The monoisotopic (exact) mass is 223 g/mol. The van der Waals surface area contributed by atoms with Gasteiger partial charge in [-0.1, -0.05) is 11.6 Å². The van der Waals surface area contributed by atoms with Crippen molar-refractivity contribution in [3.05, 3.63) is 44.7 Å². The van der Waals surface area contributed by atoms with Gasteiger partial charge in [-0.15, -0.1) is 0 Å². The normalized spacial score (nSPS) is 10.9. The fourth-order valence-corrected chi connectivity index (χ4v) is 1.79. The molecule has 2 rings (SSSR count). The zero-order chi connectivity index (χ0) is 11.0. The Morgan fingerprint density at radius 2 is 2.20 bits per heavy atom. The lowest BCUT2D eigenvalue weighted by molar-refractivity contribution is 0.279. The molecule has 2 N–H and O–H groups in total. The number of hydrogen-bond acceptors (Lipinski definition) is 2. The summed E-state index contributed by atoms with van der Waals surface area (Å²) in [6.45, 7) is 1.50. The van der Waals surface area contributed by atoms with Crippen molar-refractivity contribution in [1.29, 1.82) is 0 Å². The van der Waals surface area contributed by atoms with Crippen molar-refractivity contribution in [2.24, 2.45) is 0 Å². The van der Waals surface area contributed by atoms with Crippen molar-refractivity contribution in [3.8, 4) is 0 Å². The van der Waals surface area contributed by atoms with Crippen molar-refractivity contribution >= 4 is 22.5 Å². The fourth-order valence-electron chi connectivity index (χ4n) is 1.61. The number of rotatable bonds is 1. The van der Waals surface area contributed by atoms with Crippen LogP contribution in [0.5, 0.6) is 0 Å². The first kappa shape index (κ1) is 10.2. The molecule has 0 bridgehead atoms. The summed E-state index contributed by atoms with van der Waals surface area (Å²) in [5, 5.41) is 10.1. The number of benzene rings is 1. The molecule has 0 spiro atoms. The van der Waals surface area contributed by atoms with Crippen LogP contribution in [0.15, 0.2) is 23.0 Å². The molecule has 4 heteroatoms. The number of aliphatic hydroxyl groups excluding tert-OH is 1. The zero-order valence-corrected chi connectivity index (χ0v) is 8.93. The van der Waals surface area contributed by atoms with Crippen LogP contribution in [0.4, 0.5) is 0 Å². The maximum absolute atomic E-state index is 11.9. The van der Waals surface area contributed by atoms with E-state index in [2.05, 4.69) is 4.98 Å². The molecule has 0 aliphatic heterocycles. The number of aromatic nitrogens is 1. The quantitative estimate of drug-likeness (QED) is 0.777. The molecule has 0 aliphatic rings. The smallest absolute Gasteiger partial charge is 0.195 e. The van der Waals surface area contributed by atoms with Crippen LogP contribution in [0.1, 0.15) is 11.3 Å². The van der Waals surface area contributed by atoms with Gasteiger partial charge in [0.05, 0.1) is 6.61 Å². The van der Waals surface area contributed by atoms with E-state index in [1.807, 2.05) is 0 Å². The average molecular weight is 224 g/mol. The van der Waals surface area contributed by atoms with Gasteiger partial charge in [0.1, 0.15) is 0 Å². The van der Waals surface area contributed by atoms with Crippen molar-refractivity contribution in [1.82, 2.24) is 4.98 Å². The zero-order valence-electron chi connectivity index (χ0n) is 8.17. The van der Waals surface area contributed by atoms with Gasteiger partial charge in [-0.25, -0.2) is 0 Å². The number of aryl methyl sites for hydroxylation is 1. The maximum atomic E-state index is 11.9. The Balaban J connectivity index is 2.92. The van der Waals surface area contributed by atoms with Gasteiger partial charge in [-0.05, 0) is 25.1 Å². The molecular weight excluding hydrogens is 214 g/mol. The summed E-state index contributed by atoms with van der Waals surface area (Å²) in [5.74, 6) is 0. The van der Waals surface area contributed by atoms with Gasteiger partial charge in [0, 0.05) is 27.2 Å². The van der Waals surface area contributed by atoms with E-state index in [-0.39, 0.29) is 12.0 Å².